The van der Waals surface area contributed by atoms with E-state index in [1.165, 1.54) is 6.07 Å². The van der Waals surface area contributed by atoms with Crippen molar-refractivity contribution in [2.75, 3.05) is 26.2 Å². The van der Waals surface area contributed by atoms with Crippen molar-refractivity contribution in [2.24, 2.45) is 10.7 Å². The summed E-state index contributed by atoms with van der Waals surface area (Å²) in [6.07, 6.45) is 0.721. The van der Waals surface area contributed by atoms with E-state index in [1.807, 2.05) is 30.3 Å². The number of hydrogen-bond acceptors (Lipinski definition) is 5. The van der Waals surface area contributed by atoms with Crippen LogP contribution in [0.4, 0.5) is 0 Å². The van der Waals surface area contributed by atoms with Crippen LogP contribution in [0.5, 0.6) is 0 Å². The Kier molecular flexibility index (Phi) is 7.56. The molecule has 1 heterocycles. The largest absolute Gasteiger partial charge is 0.339 e. The van der Waals surface area contributed by atoms with Gasteiger partial charge in [-0.1, -0.05) is 42.5 Å². The van der Waals surface area contributed by atoms with Gasteiger partial charge in [-0.3, -0.25) is 14.5 Å². The van der Waals surface area contributed by atoms with Gasteiger partial charge in [0, 0.05) is 25.2 Å². The Balaban J connectivity index is 0.00000280. The van der Waals surface area contributed by atoms with E-state index in [9.17, 15) is 13.2 Å². The minimum atomic E-state index is -3.61. The van der Waals surface area contributed by atoms with E-state index in [0.717, 1.165) is 12.0 Å². The second-order valence-electron chi connectivity index (χ2n) is 6.17. The summed E-state index contributed by atoms with van der Waals surface area (Å²) in [4.78, 5) is 18.6. The maximum Gasteiger partial charge on any atom is 0.263 e. The SMILES string of the molecule is Cl.NCCN(CCc1ccccc1)C(=O)CN=C1NS(=O)(=O)c2ccccc21. The molecule has 3 N–H and O–H groups in total. The molecule has 0 radical (unpaired) electrons. The van der Waals surface area contributed by atoms with Crippen LogP contribution in [0.2, 0.25) is 0 Å². The van der Waals surface area contributed by atoms with Gasteiger partial charge < -0.3 is 10.6 Å². The van der Waals surface area contributed by atoms with Crippen LogP contribution in [0.1, 0.15) is 11.1 Å². The molecule has 1 amide bonds. The van der Waals surface area contributed by atoms with E-state index in [2.05, 4.69) is 9.71 Å². The quantitative estimate of drug-likeness (QED) is 0.698. The topological polar surface area (TPSA) is 105 Å². The molecular formula is C19H23ClN4O3S. The molecule has 0 unspecified atom stereocenters. The molecule has 0 bridgehead atoms. The molecule has 2 aromatic carbocycles. The first-order valence-corrected chi connectivity index (χ1v) is 10.2. The Morgan fingerprint density at radius 1 is 1.04 bits per heavy atom. The molecule has 0 aromatic heterocycles. The zero-order chi connectivity index (χ0) is 19.3. The van der Waals surface area contributed by atoms with Crippen molar-refractivity contribution in [3.05, 3.63) is 65.7 Å². The van der Waals surface area contributed by atoms with Crippen LogP contribution >= 0.6 is 12.4 Å². The lowest BCUT2D eigenvalue weighted by atomic mass is 10.1. The summed E-state index contributed by atoms with van der Waals surface area (Å²) >= 11 is 0. The average Bonchev–Trinajstić information content (AvgIpc) is 2.95. The minimum absolute atomic E-state index is 0. The summed E-state index contributed by atoms with van der Waals surface area (Å²) in [7, 11) is -3.61. The zero-order valence-corrected chi connectivity index (χ0v) is 16.9. The molecule has 0 saturated carbocycles. The van der Waals surface area contributed by atoms with Crippen molar-refractivity contribution in [1.82, 2.24) is 9.62 Å². The number of amidine groups is 1. The standard InChI is InChI=1S/C19H22N4O3S.ClH/c20-11-13-23(12-10-15-6-2-1-3-7-15)18(24)14-21-19-16-8-4-5-9-17(16)27(25,26)22-19;/h1-9H,10-14,20H2,(H,21,22);1H. The minimum Gasteiger partial charge on any atom is -0.339 e. The highest BCUT2D eigenvalue weighted by molar-refractivity contribution is 7.90. The Bertz CT molecular complexity index is 949. The predicted molar refractivity (Wildman–Crippen MR) is 111 cm³/mol. The molecule has 1 aliphatic rings. The Hall–Kier alpha value is -2.42. The maximum absolute atomic E-state index is 12.6. The normalized spacial score (nSPS) is 15.4. The predicted octanol–water partition coefficient (Wildman–Crippen LogP) is 1.18. The van der Waals surface area contributed by atoms with Gasteiger partial charge in [0.1, 0.15) is 12.4 Å². The third-order valence-corrected chi connectivity index (χ3v) is 5.70. The van der Waals surface area contributed by atoms with Gasteiger partial charge >= 0.3 is 0 Å². The molecule has 1 aliphatic heterocycles. The first-order valence-electron chi connectivity index (χ1n) is 8.69. The van der Waals surface area contributed by atoms with Gasteiger partial charge in [0.05, 0.1) is 4.90 Å². The highest BCUT2D eigenvalue weighted by atomic mass is 35.5. The van der Waals surface area contributed by atoms with Crippen LogP contribution in [-0.2, 0) is 21.2 Å². The molecule has 2 aromatic rings. The summed E-state index contributed by atoms with van der Waals surface area (Å²) in [5.41, 5.74) is 7.25. The summed E-state index contributed by atoms with van der Waals surface area (Å²) in [5, 5.41) is 0. The van der Waals surface area contributed by atoms with Crippen LogP contribution in [0.25, 0.3) is 0 Å². The molecule has 9 heteroatoms. The fraction of sp³-hybridized carbons (Fsp3) is 0.263. The lowest BCUT2D eigenvalue weighted by Gasteiger charge is -2.21. The third kappa shape index (κ3) is 5.09. The average molecular weight is 423 g/mol. The number of sulfonamides is 1. The number of hydrogen-bond donors (Lipinski definition) is 2. The van der Waals surface area contributed by atoms with Gasteiger partial charge in [0.2, 0.25) is 5.91 Å². The molecule has 3 rings (SSSR count). The van der Waals surface area contributed by atoms with Gasteiger partial charge in [0.15, 0.2) is 0 Å². The van der Waals surface area contributed by atoms with Gasteiger partial charge in [0.25, 0.3) is 10.0 Å². The fourth-order valence-corrected chi connectivity index (χ4v) is 4.17. The van der Waals surface area contributed by atoms with Gasteiger partial charge in [-0.2, -0.15) is 0 Å². The van der Waals surface area contributed by atoms with Crippen molar-refractivity contribution < 1.29 is 13.2 Å². The number of carbonyl (C=O) groups is 1. The van der Waals surface area contributed by atoms with Crippen LogP contribution in [-0.4, -0.2) is 51.2 Å². The molecule has 7 nitrogen and oxygen atoms in total. The number of aliphatic imine (C=N–C) groups is 1. The number of nitrogens with two attached hydrogens (primary N) is 1. The Morgan fingerprint density at radius 2 is 1.71 bits per heavy atom. The first kappa shape index (κ1) is 21.9. The third-order valence-electron chi connectivity index (χ3n) is 4.30. The van der Waals surface area contributed by atoms with Crippen LogP contribution in [0.15, 0.2) is 64.5 Å². The number of nitrogens with zero attached hydrogens (tertiary/aromatic N) is 2. The lowest BCUT2D eigenvalue weighted by Crippen LogP contribution is -2.38. The second-order valence-corrected chi connectivity index (χ2v) is 7.82. The van der Waals surface area contributed by atoms with Crippen molar-refractivity contribution >= 4 is 34.2 Å². The van der Waals surface area contributed by atoms with E-state index in [1.54, 1.807) is 23.1 Å². The van der Waals surface area contributed by atoms with E-state index in [4.69, 9.17) is 5.73 Å². The summed E-state index contributed by atoms with van der Waals surface area (Å²) in [6, 6.07) is 16.5. The number of rotatable bonds is 7. The highest BCUT2D eigenvalue weighted by Gasteiger charge is 2.30. The molecular weight excluding hydrogens is 400 g/mol. The summed E-state index contributed by atoms with van der Waals surface area (Å²) < 4.78 is 26.6. The lowest BCUT2D eigenvalue weighted by molar-refractivity contribution is -0.129. The first-order chi connectivity index (χ1) is 13.0. The second kappa shape index (κ2) is 9.68. The van der Waals surface area contributed by atoms with Crippen molar-refractivity contribution in [3.8, 4) is 0 Å². The van der Waals surface area contributed by atoms with E-state index < -0.39 is 10.0 Å². The van der Waals surface area contributed by atoms with Crippen molar-refractivity contribution in [1.29, 1.82) is 0 Å². The number of halogens is 1. The number of nitrogens with one attached hydrogen (secondary N) is 1. The highest BCUT2D eigenvalue weighted by Crippen LogP contribution is 2.22. The van der Waals surface area contributed by atoms with E-state index in [0.29, 0.717) is 25.2 Å². The molecule has 0 saturated heterocycles. The molecule has 0 fully saturated rings. The zero-order valence-electron chi connectivity index (χ0n) is 15.2. The van der Waals surface area contributed by atoms with Crippen molar-refractivity contribution in [3.63, 3.8) is 0 Å². The van der Waals surface area contributed by atoms with Crippen LogP contribution < -0.4 is 10.5 Å². The molecule has 150 valence electrons. The van der Waals surface area contributed by atoms with Crippen molar-refractivity contribution in [2.45, 2.75) is 11.3 Å². The Morgan fingerprint density at radius 3 is 2.43 bits per heavy atom. The number of benzene rings is 2. The summed E-state index contributed by atoms with van der Waals surface area (Å²) in [5.74, 6) is 0.0159. The Labute approximate surface area is 171 Å². The molecule has 0 atom stereocenters. The fourth-order valence-electron chi connectivity index (χ4n) is 2.92. The number of fused-ring (bicyclic) bond motifs is 1. The number of amides is 1. The van der Waals surface area contributed by atoms with Crippen LogP contribution in [0, 0.1) is 0 Å². The van der Waals surface area contributed by atoms with Gasteiger partial charge in [-0.15, -0.1) is 12.4 Å². The molecule has 0 aliphatic carbocycles. The molecule has 0 spiro atoms. The van der Waals surface area contributed by atoms with Crippen LogP contribution in [0.3, 0.4) is 0 Å². The summed E-state index contributed by atoms with van der Waals surface area (Å²) in [6.45, 7) is 1.18. The maximum atomic E-state index is 12.6. The van der Waals surface area contributed by atoms with E-state index in [-0.39, 0.29) is 35.6 Å². The monoisotopic (exact) mass is 422 g/mol. The van der Waals surface area contributed by atoms with E-state index >= 15 is 0 Å². The van der Waals surface area contributed by atoms with Gasteiger partial charge in [-0.05, 0) is 24.1 Å². The number of carbonyl (C=O) groups excluding carboxylic acids is 1. The van der Waals surface area contributed by atoms with Gasteiger partial charge in [-0.25, -0.2) is 8.42 Å². The molecule has 28 heavy (non-hydrogen) atoms. The smallest absolute Gasteiger partial charge is 0.263 e.